The molecule has 12 bridgehead atoms. The molecule has 12 aliphatic rings. The Hall–Kier alpha value is -0.180. The van der Waals surface area contributed by atoms with Gasteiger partial charge in [0, 0.05) is 29.1 Å². The van der Waals surface area contributed by atoms with Gasteiger partial charge in [0.05, 0.1) is 184 Å². The van der Waals surface area contributed by atoms with Gasteiger partial charge in [0.2, 0.25) is 0 Å². The molecule has 0 unspecified atom stereocenters. The number of fused-ring (bicyclic) bond motifs is 12. The lowest BCUT2D eigenvalue weighted by atomic mass is 9.93. The Morgan fingerprint density at radius 2 is 0.582 bits per heavy atom. The van der Waals surface area contributed by atoms with Crippen LogP contribution in [-0.4, -0.2) is 326 Å². The zero-order valence-electron chi connectivity index (χ0n) is 76.1. The van der Waals surface area contributed by atoms with Crippen LogP contribution >= 0.6 is 23.5 Å². The summed E-state index contributed by atoms with van der Waals surface area (Å²) in [6.07, 6.45) is 4.39. The molecule has 12 saturated heterocycles. The first kappa shape index (κ1) is 96.9. The number of hydrogen-bond acceptors (Lipinski definition) is 24. The standard InChI is InChI=1S/2C15H29NO3.C14H27NO3.C14H26O4.2C14H26O3S/c2*1-9(2)17-8-15-12(6)16(7)13(11(5)19-15)14(15)18-10(3)4;1-9(2)16-8-14-7-15(6)12(11(5)18-14)13(14)17-10(3)4;1-8(2)15-7-14-11(6)17-12(10(5)18-14)13(14)16-9(3)4;2*1-8(2)15-7-14-11(6)18-12(10(5)17-14)13(14)16-9(3)4/h2*9-14H,8H2,1-7H3;9-13H,7-8H2,1-6H3;3*8-13H,7H2,1-6H3/t11-,12+,13-,14-,15-;11-,12-,13-,14-,15-;11-,12-,13-,14+;10-,11-,12-,13-,14-;10-,11+,12-,13-,14-;10-,11-,12-,13-,14-/m000000/s1. The molecule has 110 heavy (non-hydrogen) atoms. The van der Waals surface area contributed by atoms with Gasteiger partial charge in [-0.05, 0) is 250 Å². The smallest absolute Gasteiger partial charge is 0.146 e. The van der Waals surface area contributed by atoms with Crippen molar-refractivity contribution in [2.45, 2.75) is 486 Å². The summed E-state index contributed by atoms with van der Waals surface area (Å²) >= 11 is 3.99. The molecular weight excluding hydrogens is 1440 g/mol. The van der Waals surface area contributed by atoms with Crippen molar-refractivity contribution in [3.05, 3.63) is 0 Å². The molecule has 0 amide bonds. The van der Waals surface area contributed by atoms with Crippen molar-refractivity contribution in [3.63, 3.8) is 0 Å². The highest BCUT2D eigenvalue weighted by atomic mass is 32.2. The van der Waals surface area contributed by atoms with Crippen LogP contribution in [0.15, 0.2) is 0 Å². The minimum absolute atomic E-state index is 0.0150. The van der Waals surface area contributed by atoms with Gasteiger partial charge in [-0.15, -0.1) is 23.5 Å². The van der Waals surface area contributed by atoms with Crippen LogP contribution in [-0.2, 0) is 90.0 Å². The number of rotatable bonds is 30. The van der Waals surface area contributed by atoms with Crippen LogP contribution in [0.4, 0.5) is 0 Å². The van der Waals surface area contributed by atoms with E-state index in [1.807, 2.05) is 65.1 Å². The molecule has 0 spiro atoms. The predicted molar refractivity (Wildman–Crippen MR) is 441 cm³/mol. The normalized spacial score (nSPS) is 42.7. The molecule has 12 rings (SSSR count). The summed E-state index contributed by atoms with van der Waals surface area (Å²) in [5.74, 6) is 0. The highest BCUT2D eigenvalue weighted by Crippen LogP contribution is 2.57. The first-order chi connectivity index (χ1) is 51.0. The summed E-state index contributed by atoms with van der Waals surface area (Å²) in [4.78, 5) is 7.14. The Balaban J connectivity index is 0.000000184. The highest BCUT2D eigenvalue weighted by molar-refractivity contribution is 8.01. The van der Waals surface area contributed by atoms with E-state index in [1.54, 1.807) is 0 Å². The van der Waals surface area contributed by atoms with Gasteiger partial charge in [-0.1, -0.05) is 13.8 Å². The van der Waals surface area contributed by atoms with Crippen molar-refractivity contribution in [2.75, 3.05) is 67.3 Å². The van der Waals surface area contributed by atoms with Crippen LogP contribution < -0.4 is 0 Å². The quantitative estimate of drug-likeness (QED) is 0.0660. The van der Waals surface area contributed by atoms with Gasteiger partial charge in [-0.2, -0.15) is 0 Å². The lowest BCUT2D eigenvalue weighted by Gasteiger charge is -2.40. The monoisotopic (exact) mass is 1610 g/mol. The zero-order chi connectivity index (χ0) is 82.7. The molecule has 648 valence electrons. The number of thioether (sulfide) groups is 2. The Morgan fingerprint density at radius 3 is 0.918 bits per heavy atom. The van der Waals surface area contributed by atoms with E-state index < -0.39 is 5.60 Å². The number of likely N-dealkylation sites (tertiary alicyclic amines) is 3. The Labute approximate surface area is 677 Å². The van der Waals surface area contributed by atoms with Crippen molar-refractivity contribution in [1.82, 2.24) is 14.7 Å². The van der Waals surface area contributed by atoms with Gasteiger partial charge in [0.1, 0.15) is 76.3 Å². The van der Waals surface area contributed by atoms with Crippen LogP contribution in [0.1, 0.15) is 242 Å². The summed E-state index contributed by atoms with van der Waals surface area (Å²) in [5.41, 5.74) is -1.90. The number of hydrogen-bond donors (Lipinski definition) is 0. The molecule has 24 heteroatoms. The second-order valence-corrected chi connectivity index (χ2v) is 40.4. The lowest BCUT2D eigenvalue weighted by molar-refractivity contribution is -0.204. The predicted octanol–water partition coefficient (Wildman–Crippen LogP) is 13.7. The number of morpholine rings is 3. The van der Waals surface area contributed by atoms with Crippen molar-refractivity contribution < 1.29 is 90.0 Å². The molecule has 0 aromatic rings. The van der Waals surface area contributed by atoms with Gasteiger partial charge in [-0.25, -0.2) is 0 Å². The van der Waals surface area contributed by atoms with E-state index in [9.17, 15) is 0 Å². The van der Waals surface area contributed by atoms with Crippen LogP contribution in [0.25, 0.3) is 0 Å². The Kier molecular flexibility index (Phi) is 35.3. The molecule has 0 saturated carbocycles. The Bertz CT molecular complexity index is 2520. The maximum absolute atomic E-state index is 6.30. The summed E-state index contributed by atoms with van der Waals surface area (Å²) in [7, 11) is 6.49. The third-order valence-corrected chi connectivity index (χ3v) is 27.7. The van der Waals surface area contributed by atoms with Crippen LogP contribution in [0, 0.1) is 0 Å². The van der Waals surface area contributed by atoms with Crippen molar-refractivity contribution in [2.24, 2.45) is 0 Å². The summed E-state index contributed by atoms with van der Waals surface area (Å²) in [6.45, 7) is 77.9. The fourth-order valence-corrected chi connectivity index (χ4v) is 22.3. The summed E-state index contributed by atoms with van der Waals surface area (Å²) in [6, 6.07) is 1.64. The van der Waals surface area contributed by atoms with Crippen molar-refractivity contribution in [1.29, 1.82) is 0 Å². The van der Waals surface area contributed by atoms with Gasteiger partial charge >= 0.3 is 0 Å². The molecule has 22 nitrogen and oxygen atoms in total. The maximum atomic E-state index is 6.30. The second kappa shape index (κ2) is 40.0. The Morgan fingerprint density at radius 1 is 0.300 bits per heavy atom. The van der Waals surface area contributed by atoms with E-state index in [0.717, 1.165) is 6.54 Å². The van der Waals surface area contributed by atoms with Crippen LogP contribution in [0.2, 0.25) is 0 Å². The summed E-state index contributed by atoms with van der Waals surface area (Å²) in [5, 5.41) is 1.75. The molecule has 12 aliphatic heterocycles. The third kappa shape index (κ3) is 21.2. The highest BCUT2D eigenvalue weighted by Gasteiger charge is 2.71. The second-order valence-electron chi connectivity index (χ2n) is 37.4. The van der Waals surface area contributed by atoms with Crippen LogP contribution in [0.3, 0.4) is 0 Å². The minimum Gasteiger partial charge on any atom is -0.376 e. The van der Waals surface area contributed by atoms with E-state index in [2.05, 4.69) is 237 Å². The van der Waals surface area contributed by atoms with E-state index in [0.29, 0.717) is 90.9 Å². The fourth-order valence-electron chi connectivity index (χ4n) is 19.0. The third-order valence-electron chi connectivity index (χ3n) is 24.2. The van der Waals surface area contributed by atoms with Gasteiger partial charge in [0.15, 0.2) is 0 Å². The molecule has 0 aromatic carbocycles. The van der Waals surface area contributed by atoms with Crippen LogP contribution in [0.5, 0.6) is 0 Å². The lowest BCUT2D eigenvalue weighted by Crippen LogP contribution is -2.55. The van der Waals surface area contributed by atoms with Gasteiger partial charge in [0.25, 0.3) is 0 Å². The SMILES string of the molecule is CC(C)OC[C@@]12CN(C)[C@@H]([C@H](C)O1)[C@@H]2OC(C)C.CC(C)OC[C@@]12O[C@@H](C)[C@@H]([C@@H]1OC(C)C)N(C)[C@@H]2C.CC(C)OC[C@@]12O[C@@H](C)[C@@H]([C@@H]1OC(C)C)N(C)[C@H]2C.CC(C)OC[C@]12O[C@@H](C)[C@H](O[C@H]1C)[C@@H]2OC(C)C.CC(C)OC[C@]12O[C@@H](C)[C@H](S[C@@H]1C)[C@@H]2OC(C)C.CC(C)OC[C@]12O[C@@H](C)[C@H](S[C@H]1C)[C@@H]2OC(C)C. The molecular formula is C86H163N3O19S2. The van der Waals surface area contributed by atoms with Crippen molar-refractivity contribution in [3.8, 4) is 0 Å². The maximum Gasteiger partial charge on any atom is 0.146 e. The molecule has 0 radical (unpaired) electrons. The van der Waals surface area contributed by atoms with E-state index in [-0.39, 0.29) is 187 Å². The minimum atomic E-state index is -0.446. The van der Waals surface area contributed by atoms with E-state index in [4.69, 9.17) is 90.0 Å². The summed E-state index contributed by atoms with van der Waals surface area (Å²) < 4.78 is 115. The largest absolute Gasteiger partial charge is 0.376 e. The molecule has 0 aliphatic carbocycles. The molecule has 0 N–H and O–H groups in total. The van der Waals surface area contributed by atoms with E-state index >= 15 is 0 Å². The number of nitrogens with zero attached hydrogens (tertiary/aromatic N) is 3. The van der Waals surface area contributed by atoms with Gasteiger partial charge < -0.3 is 90.0 Å². The molecule has 12 fully saturated rings. The first-order valence-corrected chi connectivity index (χ1v) is 44.7. The molecule has 29 atom stereocenters. The van der Waals surface area contributed by atoms with E-state index in [1.165, 1.54) is 0 Å². The molecule has 0 aromatic heterocycles. The molecule has 12 heterocycles. The fraction of sp³-hybridized carbons (Fsp3) is 1.00. The zero-order valence-corrected chi connectivity index (χ0v) is 77.7. The topological polar surface area (TPSA) is 185 Å². The average molecular weight is 1610 g/mol. The number of likely N-dealkylation sites (N-methyl/N-ethyl adjacent to an activating group) is 3. The first-order valence-electron chi connectivity index (χ1n) is 42.8. The van der Waals surface area contributed by atoms with Crippen molar-refractivity contribution >= 4 is 23.5 Å². The van der Waals surface area contributed by atoms with Gasteiger partial charge in [-0.3, -0.25) is 14.7 Å². The average Bonchev–Trinajstić information content (AvgIpc) is 1.55. The number of ether oxygens (including phenoxy) is 19.